The molecule has 166 valence electrons. The van der Waals surface area contributed by atoms with E-state index in [2.05, 4.69) is 27.4 Å². The van der Waals surface area contributed by atoms with E-state index >= 15 is 0 Å². The average Bonchev–Trinajstić information content (AvgIpc) is 3.62. The summed E-state index contributed by atoms with van der Waals surface area (Å²) >= 11 is 0. The summed E-state index contributed by atoms with van der Waals surface area (Å²) in [5, 5.41) is 7.10. The molecule has 6 nitrogen and oxygen atoms in total. The Morgan fingerprint density at radius 1 is 1.13 bits per heavy atom. The van der Waals surface area contributed by atoms with Gasteiger partial charge >= 0.3 is 0 Å². The maximum absolute atomic E-state index is 5.81. The molecule has 1 aliphatic heterocycles. The topological polar surface area (TPSA) is 61.8 Å². The molecule has 0 atom stereocenters. The fourth-order valence-corrected chi connectivity index (χ4v) is 4.65. The Morgan fingerprint density at radius 3 is 2.67 bits per heavy atom. The van der Waals surface area contributed by atoms with E-state index < -0.39 is 0 Å². The molecule has 2 heterocycles. The molecule has 30 heavy (non-hydrogen) atoms. The second kappa shape index (κ2) is 11.0. The summed E-state index contributed by atoms with van der Waals surface area (Å²) in [6.07, 6.45) is 13.9. The van der Waals surface area contributed by atoms with Crippen molar-refractivity contribution in [2.45, 2.75) is 83.3 Å². The zero-order valence-corrected chi connectivity index (χ0v) is 18.6. The molecule has 4 rings (SSSR count). The van der Waals surface area contributed by atoms with Crippen LogP contribution in [-0.2, 0) is 6.54 Å². The van der Waals surface area contributed by atoms with Gasteiger partial charge in [-0.05, 0) is 63.0 Å². The molecule has 0 amide bonds. The van der Waals surface area contributed by atoms with Crippen LogP contribution < -0.4 is 15.4 Å². The number of piperidine rings is 1. The van der Waals surface area contributed by atoms with Crippen molar-refractivity contribution in [1.82, 2.24) is 20.5 Å². The van der Waals surface area contributed by atoms with Gasteiger partial charge in [0.05, 0.1) is 13.2 Å². The van der Waals surface area contributed by atoms with Gasteiger partial charge < -0.3 is 20.3 Å². The van der Waals surface area contributed by atoms with Gasteiger partial charge in [0.15, 0.2) is 5.96 Å². The van der Waals surface area contributed by atoms with Crippen LogP contribution in [0.15, 0.2) is 23.3 Å². The van der Waals surface area contributed by atoms with E-state index in [4.69, 9.17) is 9.73 Å². The highest BCUT2D eigenvalue weighted by atomic mass is 16.5. The van der Waals surface area contributed by atoms with E-state index in [1.165, 1.54) is 70.9 Å². The summed E-state index contributed by atoms with van der Waals surface area (Å²) in [6.45, 7) is 6.86. The Bertz CT molecular complexity index is 676. The molecule has 0 radical (unpaired) electrons. The van der Waals surface area contributed by atoms with Gasteiger partial charge in [0.25, 0.3) is 0 Å². The van der Waals surface area contributed by atoms with Crippen molar-refractivity contribution in [2.24, 2.45) is 10.9 Å². The minimum atomic E-state index is 0.512. The molecule has 0 spiro atoms. The molecule has 0 aromatic carbocycles. The van der Waals surface area contributed by atoms with Crippen molar-refractivity contribution in [3.05, 3.63) is 23.9 Å². The maximum atomic E-state index is 5.81. The lowest BCUT2D eigenvalue weighted by Crippen LogP contribution is -2.50. The highest BCUT2D eigenvalue weighted by Gasteiger charge is 2.26. The standard InChI is InChI=1S/C24H39N5O/c1-2-25-24(27-17-20-10-13-26-23(16-20)30-18-19-8-9-19)28-21-11-14-29(15-12-21)22-6-4-3-5-7-22/h10,13,16,19,21-22H,2-9,11-12,14-15,17-18H2,1H3,(H2,25,27,28). The van der Waals surface area contributed by atoms with E-state index in [0.717, 1.165) is 42.5 Å². The van der Waals surface area contributed by atoms with Gasteiger partial charge in [0.2, 0.25) is 5.88 Å². The fourth-order valence-electron chi connectivity index (χ4n) is 4.65. The third-order valence-electron chi connectivity index (χ3n) is 6.69. The van der Waals surface area contributed by atoms with E-state index in [0.29, 0.717) is 12.6 Å². The first kappa shape index (κ1) is 21.4. The first-order valence-corrected chi connectivity index (χ1v) is 12.2. The minimum Gasteiger partial charge on any atom is -0.477 e. The zero-order chi connectivity index (χ0) is 20.6. The summed E-state index contributed by atoms with van der Waals surface area (Å²) in [5.74, 6) is 2.39. The smallest absolute Gasteiger partial charge is 0.213 e. The average molecular weight is 414 g/mol. The number of hydrogen-bond acceptors (Lipinski definition) is 4. The molecule has 0 bridgehead atoms. The molecular weight excluding hydrogens is 374 g/mol. The van der Waals surface area contributed by atoms with E-state index in [1.807, 2.05) is 18.3 Å². The van der Waals surface area contributed by atoms with Gasteiger partial charge in [0, 0.05) is 44.0 Å². The number of likely N-dealkylation sites (tertiary alicyclic amines) is 1. The van der Waals surface area contributed by atoms with Crippen LogP contribution in [0.3, 0.4) is 0 Å². The van der Waals surface area contributed by atoms with Crippen molar-refractivity contribution in [3.8, 4) is 5.88 Å². The van der Waals surface area contributed by atoms with Gasteiger partial charge in [-0.25, -0.2) is 9.98 Å². The molecular formula is C24H39N5O. The predicted octanol–water partition coefficient (Wildman–Crippen LogP) is 3.72. The van der Waals surface area contributed by atoms with Crippen molar-refractivity contribution < 1.29 is 4.74 Å². The lowest BCUT2D eigenvalue weighted by molar-refractivity contribution is 0.119. The molecule has 2 aliphatic carbocycles. The second-order valence-electron chi connectivity index (χ2n) is 9.20. The summed E-state index contributed by atoms with van der Waals surface area (Å²) in [7, 11) is 0. The first-order chi connectivity index (χ1) is 14.8. The number of aromatic nitrogens is 1. The highest BCUT2D eigenvalue weighted by Crippen LogP contribution is 2.29. The normalized spacial score (nSPS) is 22.1. The monoisotopic (exact) mass is 413 g/mol. The van der Waals surface area contributed by atoms with Crippen LogP contribution in [-0.4, -0.2) is 54.2 Å². The third-order valence-corrected chi connectivity index (χ3v) is 6.69. The fraction of sp³-hybridized carbons (Fsp3) is 0.750. The molecule has 0 unspecified atom stereocenters. The van der Waals surface area contributed by atoms with Crippen LogP contribution in [0.1, 0.15) is 70.3 Å². The highest BCUT2D eigenvalue weighted by molar-refractivity contribution is 5.80. The van der Waals surface area contributed by atoms with Gasteiger partial charge in [-0.3, -0.25) is 0 Å². The number of nitrogens with zero attached hydrogens (tertiary/aromatic N) is 3. The largest absolute Gasteiger partial charge is 0.477 e. The maximum Gasteiger partial charge on any atom is 0.213 e. The van der Waals surface area contributed by atoms with E-state index in [1.54, 1.807) is 0 Å². The Hall–Kier alpha value is -1.82. The molecule has 2 saturated carbocycles. The van der Waals surface area contributed by atoms with Crippen LogP contribution in [0, 0.1) is 5.92 Å². The second-order valence-corrected chi connectivity index (χ2v) is 9.20. The van der Waals surface area contributed by atoms with Gasteiger partial charge in [-0.1, -0.05) is 19.3 Å². The van der Waals surface area contributed by atoms with Crippen molar-refractivity contribution in [3.63, 3.8) is 0 Å². The molecule has 1 aromatic rings. The number of rotatable bonds is 8. The van der Waals surface area contributed by atoms with Gasteiger partial charge in [0.1, 0.15) is 0 Å². The van der Waals surface area contributed by atoms with Crippen LogP contribution in [0.4, 0.5) is 0 Å². The molecule has 3 aliphatic rings. The third kappa shape index (κ3) is 6.59. The Morgan fingerprint density at radius 2 is 1.93 bits per heavy atom. The molecule has 3 fully saturated rings. The van der Waals surface area contributed by atoms with E-state index in [9.17, 15) is 0 Å². The summed E-state index contributed by atoms with van der Waals surface area (Å²) in [4.78, 5) is 11.9. The number of nitrogens with one attached hydrogen (secondary N) is 2. The Balaban J connectivity index is 1.26. The number of pyridine rings is 1. The number of ether oxygens (including phenoxy) is 1. The van der Waals surface area contributed by atoms with Crippen molar-refractivity contribution in [1.29, 1.82) is 0 Å². The zero-order valence-electron chi connectivity index (χ0n) is 18.6. The number of aliphatic imine (C=N–C) groups is 1. The SMILES string of the molecule is CCNC(=NCc1ccnc(OCC2CC2)c1)NC1CCN(C2CCCCC2)CC1. The lowest BCUT2D eigenvalue weighted by atomic mass is 9.92. The quantitative estimate of drug-likeness (QED) is 0.502. The van der Waals surface area contributed by atoms with Crippen LogP contribution in [0.25, 0.3) is 0 Å². The Kier molecular flexibility index (Phi) is 7.84. The Labute approximate surface area is 181 Å². The molecule has 2 N–H and O–H groups in total. The van der Waals surface area contributed by atoms with Crippen LogP contribution in [0.2, 0.25) is 0 Å². The molecule has 1 saturated heterocycles. The number of guanidine groups is 1. The van der Waals surface area contributed by atoms with E-state index in [-0.39, 0.29) is 0 Å². The molecule has 1 aromatic heterocycles. The summed E-state index contributed by atoms with van der Waals surface area (Å²) in [6, 6.07) is 5.40. The lowest BCUT2D eigenvalue weighted by Gasteiger charge is -2.39. The van der Waals surface area contributed by atoms with Crippen molar-refractivity contribution in [2.75, 3.05) is 26.2 Å². The van der Waals surface area contributed by atoms with Crippen LogP contribution >= 0.6 is 0 Å². The van der Waals surface area contributed by atoms with Crippen molar-refractivity contribution >= 4 is 5.96 Å². The number of hydrogen-bond donors (Lipinski definition) is 2. The summed E-state index contributed by atoms with van der Waals surface area (Å²) in [5.41, 5.74) is 1.14. The first-order valence-electron chi connectivity index (χ1n) is 12.2. The molecule has 6 heteroatoms. The van der Waals surface area contributed by atoms with Gasteiger partial charge in [-0.15, -0.1) is 0 Å². The minimum absolute atomic E-state index is 0.512. The summed E-state index contributed by atoms with van der Waals surface area (Å²) < 4.78 is 5.81. The van der Waals surface area contributed by atoms with Crippen LogP contribution in [0.5, 0.6) is 5.88 Å². The van der Waals surface area contributed by atoms with Gasteiger partial charge in [-0.2, -0.15) is 0 Å². The predicted molar refractivity (Wildman–Crippen MR) is 122 cm³/mol.